The summed E-state index contributed by atoms with van der Waals surface area (Å²) in [6, 6.07) is 9.30. The van der Waals surface area contributed by atoms with Gasteiger partial charge in [0.05, 0.1) is 0 Å². The zero-order chi connectivity index (χ0) is 13.6. The van der Waals surface area contributed by atoms with Crippen molar-refractivity contribution in [3.8, 4) is 0 Å². The van der Waals surface area contributed by atoms with Crippen LogP contribution in [0.3, 0.4) is 0 Å². The van der Waals surface area contributed by atoms with Crippen molar-refractivity contribution in [1.82, 2.24) is 0 Å². The molecular formula is C14H20O4. The molecule has 0 aliphatic rings. The molecule has 4 heteroatoms. The fourth-order valence-corrected chi connectivity index (χ4v) is 2.13. The van der Waals surface area contributed by atoms with Crippen LogP contribution in [0.15, 0.2) is 30.3 Å². The Labute approximate surface area is 108 Å². The minimum absolute atomic E-state index is 0.305. The Kier molecular flexibility index (Phi) is 5.16. The van der Waals surface area contributed by atoms with Crippen molar-refractivity contribution >= 4 is 6.16 Å². The number of rotatable bonds is 6. The van der Waals surface area contributed by atoms with E-state index >= 15 is 0 Å². The highest BCUT2D eigenvalue weighted by atomic mass is 16.7. The monoisotopic (exact) mass is 252 g/mol. The lowest BCUT2D eigenvalue weighted by atomic mass is 9.88. The first kappa shape index (κ1) is 14.5. The number of hydrogen-bond donors (Lipinski definition) is 1. The molecule has 1 rings (SSSR count). The van der Waals surface area contributed by atoms with Crippen molar-refractivity contribution in [1.29, 1.82) is 0 Å². The molecule has 0 fully saturated rings. The van der Waals surface area contributed by atoms with E-state index in [9.17, 15) is 4.79 Å². The van der Waals surface area contributed by atoms with E-state index in [1.165, 1.54) is 0 Å². The first-order valence-corrected chi connectivity index (χ1v) is 6.13. The molecule has 1 N–H and O–H groups in total. The summed E-state index contributed by atoms with van der Waals surface area (Å²) in [6.45, 7) is 6.10. The Morgan fingerprint density at radius 3 is 2.39 bits per heavy atom. The van der Waals surface area contributed by atoms with E-state index in [-0.39, 0.29) is 6.10 Å². The first-order valence-electron chi connectivity index (χ1n) is 6.13. The van der Waals surface area contributed by atoms with E-state index in [0.717, 1.165) is 5.56 Å². The average molecular weight is 252 g/mol. The van der Waals surface area contributed by atoms with Crippen LogP contribution in [0.4, 0.5) is 4.79 Å². The molecule has 0 bridgehead atoms. The van der Waals surface area contributed by atoms with Gasteiger partial charge < -0.3 is 14.6 Å². The Balaban J connectivity index is 3.12. The predicted molar refractivity (Wildman–Crippen MR) is 68.6 cm³/mol. The van der Waals surface area contributed by atoms with E-state index in [1.54, 1.807) is 6.92 Å². The van der Waals surface area contributed by atoms with Crippen LogP contribution in [-0.4, -0.2) is 24.0 Å². The minimum Gasteiger partial charge on any atom is -0.450 e. The van der Waals surface area contributed by atoms with Gasteiger partial charge in [-0.1, -0.05) is 37.3 Å². The van der Waals surface area contributed by atoms with Crippen LogP contribution >= 0.6 is 0 Å². The van der Waals surface area contributed by atoms with Crippen LogP contribution in [-0.2, 0) is 15.1 Å². The van der Waals surface area contributed by atoms with Crippen LogP contribution in [0, 0.1) is 0 Å². The molecule has 0 aliphatic heterocycles. The Morgan fingerprint density at radius 1 is 1.33 bits per heavy atom. The highest BCUT2D eigenvalue weighted by Gasteiger charge is 2.39. The molecule has 0 aromatic heterocycles. The van der Waals surface area contributed by atoms with Crippen LogP contribution in [0.5, 0.6) is 0 Å². The molecule has 0 saturated heterocycles. The van der Waals surface area contributed by atoms with Gasteiger partial charge in [0.15, 0.2) is 5.60 Å². The van der Waals surface area contributed by atoms with E-state index in [4.69, 9.17) is 14.6 Å². The third kappa shape index (κ3) is 3.23. The lowest BCUT2D eigenvalue weighted by molar-refractivity contribution is -0.117. The molecule has 18 heavy (non-hydrogen) atoms. The standard InChI is InChI=1S/C14H20O4/c1-4-12(17-5-2)14(3,18-13(15)16)11-9-7-6-8-10-11/h6-10,12H,4-5H2,1-3H3,(H,15,16). The number of carboxylic acid groups (broad SMARTS) is 1. The molecule has 4 nitrogen and oxygen atoms in total. The van der Waals surface area contributed by atoms with Crippen LogP contribution in [0.1, 0.15) is 32.8 Å². The molecule has 0 spiro atoms. The summed E-state index contributed by atoms with van der Waals surface area (Å²) in [4.78, 5) is 10.9. The smallest absolute Gasteiger partial charge is 0.450 e. The summed E-state index contributed by atoms with van der Waals surface area (Å²) in [7, 11) is 0. The maximum atomic E-state index is 10.9. The molecule has 2 atom stereocenters. The summed E-state index contributed by atoms with van der Waals surface area (Å²) in [5.41, 5.74) is -0.189. The van der Waals surface area contributed by atoms with Crippen molar-refractivity contribution in [2.24, 2.45) is 0 Å². The number of ether oxygens (including phenoxy) is 2. The summed E-state index contributed by atoms with van der Waals surface area (Å²) >= 11 is 0. The zero-order valence-electron chi connectivity index (χ0n) is 11.1. The van der Waals surface area contributed by atoms with Gasteiger partial charge in [0.25, 0.3) is 0 Å². The van der Waals surface area contributed by atoms with Crippen molar-refractivity contribution in [3.63, 3.8) is 0 Å². The molecule has 0 saturated carbocycles. The molecule has 0 radical (unpaired) electrons. The highest BCUT2D eigenvalue weighted by Crippen LogP contribution is 2.33. The van der Waals surface area contributed by atoms with E-state index < -0.39 is 11.8 Å². The maximum absolute atomic E-state index is 10.9. The second-order valence-electron chi connectivity index (χ2n) is 4.19. The third-order valence-corrected chi connectivity index (χ3v) is 3.00. The maximum Gasteiger partial charge on any atom is 0.506 e. The second-order valence-corrected chi connectivity index (χ2v) is 4.19. The molecule has 0 aliphatic carbocycles. The normalized spacial score (nSPS) is 15.7. The average Bonchev–Trinajstić information content (AvgIpc) is 2.36. The van der Waals surface area contributed by atoms with Crippen molar-refractivity contribution in [2.75, 3.05) is 6.61 Å². The van der Waals surface area contributed by atoms with Crippen molar-refractivity contribution < 1.29 is 19.4 Å². The molecule has 1 aromatic rings. The largest absolute Gasteiger partial charge is 0.506 e. The Morgan fingerprint density at radius 2 is 1.94 bits per heavy atom. The lowest BCUT2D eigenvalue weighted by Crippen LogP contribution is -2.42. The van der Waals surface area contributed by atoms with Gasteiger partial charge in [-0.3, -0.25) is 0 Å². The van der Waals surface area contributed by atoms with E-state index in [2.05, 4.69) is 0 Å². The van der Waals surface area contributed by atoms with Gasteiger partial charge in [0.1, 0.15) is 6.10 Å². The van der Waals surface area contributed by atoms with Gasteiger partial charge >= 0.3 is 6.16 Å². The molecule has 2 unspecified atom stereocenters. The van der Waals surface area contributed by atoms with Crippen molar-refractivity contribution in [3.05, 3.63) is 35.9 Å². The summed E-state index contributed by atoms with van der Waals surface area (Å²) in [6.07, 6.45) is -0.924. The predicted octanol–water partition coefficient (Wildman–Crippen LogP) is 3.41. The quantitative estimate of drug-likeness (QED) is 0.788. The molecule has 1 aromatic carbocycles. The topological polar surface area (TPSA) is 55.8 Å². The third-order valence-electron chi connectivity index (χ3n) is 3.00. The Bertz CT molecular complexity index is 377. The minimum atomic E-state index is -1.29. The highest BCUT2D eigenvalue weighted by molar-refractivity contribution is 5.58. The summed E-state index contributed by atoms with van der Waals surface area (Å²) in [5, 5.41) is 8.95. The van der Waals surface area contributed by atoms with Gasteiger partial charge in [-0.05, 0) is 25.8 Å². The SMILES string of the molecule is CCOC(CC)C(C)(OC(=O)O)c1ccccc1. The Hall–Kier alpha value is -1.55. The van der Waals surface area contributed by atoms with Crippen LogP contribution in [0.2, 0.25) is 0 Å². The van der Waals surface area contributed by atoms with Gasteiger partial charge in [-0.2, -0.15) is 0 Å². The van der Waals surface area contributed by atoms with Gasteiger partial charge in [-0.25, -0.2) is 4.79 Å². The van der Waals surface area contributed by atoms with Gasteiger partial charge in [-0.15, -0.1) is 0 Å². The second kappa shape index (κ2) is 6.40. The number of hydrogen-bond acceptors (Lipinski definition) is 3. The fourth-order valence-electron chi connectivity index (χ4n) is 2.13. The van der Waals surface area contributed by atoms with E-state index in [0.29, 0.717) is 13.0 Å². The lowest BCUT2D eigenvalue weighted by Gasteiger charge is -2.35. The number of benzene rings is 1. The first-order chi connectivity index (χ1) is 8.54. The van der Waals surface area contributed by atoms with E-state index in [1.807, 2.05) is 44.2 Å². The summed E-state index contributed by atoms with van der Waals surface area (Å²) in [5.74, 6) is 0. The molecule has 100 valence electrons. The van der Waals surface area contributed by atoms with Gasteiger partial charge in [0, 0.05) is 6.61 Å². The van der Waals surface area contributed by atoms with Gasteiger partial charge in [0.2, 0.25) is 0 Å². The molecule has 0 amide bonds. The fraction of sp³-hybridized carbons (Fsp3) is 0.500. The molecular weight excluding hydrogens is 232 g/mol. The summed E-state index contributed by atoms with van der Waals surface area (Å²) < 4.78 is 10.7. The van der Waals surface area contributed by atoms with Crippen LogP contribution in [0.25, 0.3) is 0 Å². The molecule has 0 heterocycles. The number of carbonyl (C=O) groups is 1. The van der Waals surface area contributed by atoms with Crippen molar-refractivity contribution in [2.45, 2.75) is 38.9 Å². The van der Waals surface area contributed by atoms with Crippen LogP contribution < -0.4 is 0 Å². The zero-order valence-corrected chi connectivity index (χ0v) is 11.1.